The van der Waals surface area contributed by atoms with Crippen molar-refractivity contribution >= 4 is 21.9 Å². The van der Waals surface area contributed by atoms with Gasteiger partial charge in [-0.1, -0.05) is 52.3 Å². The molecule has 1 fully saturated rings. The number of piperidine rings is 1. The zero-order chi connectivity index (χ0) is 22.8. The van der Waals surface area contributed by atoms with Gasteiger partial charge in [0.1, 0.15) is 0 Å². The summed E-state index contributed by atoms with van der Waals surface area (Å²) in [5.74, 6) is -0.884. The SMILES string of the molecule is C=C(C)[C@@H](c1ccc(Br)cc1)N1CC[C@H](CC(=O)O)C[C@@H]1c1ccc(C(F)(F)F)cc1. The van der Waals surface area contributed by atoms with Crippen LogP contribution in [0, 0.1) is 5.92 Å². The molecule has 166 valence electrons. The minimum absolute atomic E-state index is 0.0308. The fraction of sp³-hybridized carbons (Fsp3) is 0.375. The van der Waals surface area contributed by atoms with Gasteiger partial charge in [0, 0.05) is 16.9 Å². The third-order valence-electron chi connectivity index (χ3n) is 5.82. The van der Waals surface area contributed by atoms with Gasteiger partial charge in [-0.15, -0.1) is 0 Å². The first-order chi connectivity index (χ1) is 14.6. The van der Waals surface area contributed by atoms with E-state index in [0.717, 1.165) is 33.3 Å². The molecule has 0 unspecified atom stereocenters. The molecule has 3 atom stereocenters. The first kappa shape index (κ1) is 23.5. The number of carboxylic acid groups (broad SMARTS) is 1. The van der Waals surface area contributed by atoms with Crippen LogP contribution in [0.1, 0.15) is 55.0 Å². The number of likely N-dealkylation sites (tertiary alicyclic amines) is 1. The Bertz CT molecular complexity index is 925. The second-order valence-corrected chi connectivity index (χ2v) is 9.08. The number of hydrogen-bond donors (Lipinski definition) is 1. The van der Waals surface area contributed by atoms with Gasteiger partial charge in [0.25, 0.3) is 0 Å². The van der Waals surface area contributed by atoms with Crippen LogP contribution in [0.15, 0.2) is 65.2 Å². The Balaban J connectivity index is 1.98. The number of halogens is 4. The second kappa shape index (κ2) is 9.57. The Morgan fingerprint density at radius 2 is 1.81 bits per heavy atom. The molecule has 2 aromatic rings. The highest BCUT2D eigenvalue weighted by Crippen LogP contribution is 2.43. The topological polar surface area (TPSA) is 40.5 Å². The average Bonchev–Trinajstić information content (AvgIpc) is 2.69. The smallest absolute Gasteiger partial charge is 0.416 e. The molecule has 1 heterocycles. The normalized spacial score (nSPS) is 20.9. The molecular weight excluding hydrogens is 471 g/mol. The summed E-state index contributed by atoms with van der Waals surface area (Å²) >= 11 is 3.45. The molecule has 0 aliphatic carbocycles. The summed E-state index contributed by atoms with van der Waals surface area (Å²) < 4.78 is 40.1. The molecule has 0 saturated carbocycles. The standard InChI is InChI=1S/C24H25BrF3NO2/c1-15(2)23(18-5-9-20(25)10-6-18)29-12-11-16(14-22(30)31)13-21(29)17-3-7-19(8-4-17)24(26,27)28/h3-10,16,21,23H,1,11-14H2,2H3,(H,30,31)/t16-,21+,23-/m0/s1. The van der Waals surface area contributed by atoms with Crippen LogP contribution in [0.3, 0.4) is 0 Å². The zero-order valence-electron chi connectivity index (χ0n) is 17.2. The van der Waals surface area contributed by atoms with E-state index in [1.807, 2.05) is 31.2 Å². The summed E-state index contributed by atoms with van der Waals surface area (Å²) in [6, 6.07) is 12.8. The van der Waals surface area contributed by atoms with E-state index in [4.69, 9.17) is 0 Å². The lowest BCUT2D eigenvalue weighted by molar-refractivity contribution is -0.139. The molecular formula is C24H25BrF3NO2. The predicted octanol–water partition coefficient (Wildman–Crippen LogP) is 7.01. The molecule has 1 aliphatic rings. The molecule has 3 rings (SSSR count). The molecule has 3 nitrogen and oxygen atoms in total. The molecule has 0 radical (unpaired) electrons. The van der Waals surface area contributed by atoms with Crippen molar-refractivity contribution in [2.75, 3.05) is 6.54 Å². The van der Waals surface area contributed by atoms with E-state index >= 15 is 0 Å². The third kappa shape index (κ3) is 5.77. The van der Waals surface area contributed by atoms with Gasteiger partial charge in [-0.3, -0.25) is 9.69 Å². The largest absolute Gasteiger partial charge is 0.481 e. The Kier molecular flexibility index (Phi) is 7.27. The van der Waals surface area contributed by atoms with Gasteiger partial charge < -0.3 is 5.11 Å². The van der Waals surface area contributed by atoms with Crippen molar-refractivity contribution in [3.63, 3.8) is 0 Å². The number of aliphatic carboxylic acids is 1. The first-order valence-corrected chi connectivity index (χ1v) is 10.9. The average molecular weight is 496 g/mol. The van der Waals surface area contributed by atoms with Crippen LogP contribution in [0.25, 0.3) is 0 Å². The molecule has 31 heavy (non-hydrogen) atoms. The van der Waals surface area contributed by atoms with E-state index in [1.54, 1.807) is 0 Å². The molecule has 7 heteroatoms. The van der Waals surface area contributed by atoms with E-state index in [1.165, 1.54) is 12.1 Å². The highest BCUT2D eigenvalue weighted by Gasteiger charge is 2.36. The fourth-order valence-corrected chi connectivity index (χ4v) is 4.69. The maximum Gasteiger partial charge on any atom is 0.416 e. The van der Waals surface area contributed by atoms with Crippen molar-refractivity contribution in [2.45, 2.75) is 44.4 Å². The van der Waals surface area contributed by atoms with Gasteiger partial charge in [-0.25, -0.2) is 0 Å². The summed E-state index contributed by atoms with van der Waals surface area (Å²) in [6.45, 7) is 6.76. The number of benzene rings is 2. The van der Waals surface area contributed by atoms with E-state index in [2.05, 4.69) is 27.4 Å². The lowest BCUT2D eigenvalue weighted by Gasteiger charge is -2.44. The quantitative estimate of drug-likeness (QED) is 0.438. The summed E-state index contributed by atoms with van der Waals surface area (Å²) in [7, 11) is 0. The third-order valence-corrected chi connectivity index (χ3v) is 6.35. The van der Waals surface area contributed by atoms with E-state index in [0.29, 0.717) is 19.4 Å². The van der Waals surface area contributed by atoms with Gasteiger partial charge >= 0.3 is 12.1 Å². The van der Waals surface area contributed by atoms with Gasteiger partial charge in [0.15, 0.2) is 0 Å². The number of hydrogen-bond acceptors (Lipinski definition) is 2. The van der Waals surface area contributed by atoms with Crippen LogP contribution >= 0.6 is 15.9 Å². The maximum absolute atomic E-state index is 13.0. The summed E-state index contributed by atoms with van der Waals surface area (Å²) in [4.78, 5) is 13.5. The Morgan fingerprint density at radius 3 is 2.32 bits per heavy atom. The number of rotatable bonds is 6. The summed E-state index contributed by atoms with van der Waals surface area (Å²) in [6.07, 6.45) is -3.06. The molecule has 0 bridgehead atoms. The Labute approximate surface area is 188 Å². The van der Waals surface area contributed by atoms with Crippen LogP contribution in [-0.2, 0) is 11.0 Å². The van der Waals surface area contributed by atoms with Crippen molar-refractivity contribution in [1.82, 2.24) is 4.90 Å². The van der Waals surface area contributed by atoms with Crippen molar-refractivity contribution in [2.24, 2.45) is 5.92 Å². The number of carbonyl (C=O) groups is 1. The van der Waals surface area contributed by atoms with E-state index in [-0.39, 0.29) is 24.4 Å². The zero-order valence-corrected chi connectivity index (χ0v) is 18.8. The number of nitrogens with zero attached hydrogens (tertiary/aromatic N) is 1. The van der Waals surface area contributed by atoms with E-state index < -0.39 is 17.7 Å². The molecule has 0 amide bonds. The summed E-state index contributed by atoms with van der Waals surface area (Å²) in [5, 5.41) is 9.26. The summed E-state index contributed by atoms with van der Waals surface area (Å²) in [5.41, 5.74) is 2.04. The Morgan fingerprint density at radius 1 is 1.19 bits per heavy atom. The lowest BCUT2D eigenvalue weighted by atomic mass is 9.82. The predicted molar refractivity (Wildman–Crippen MR) is 118 cm³/mol. The van der Waals surface area contributed by atoms with Gasteiger partial charge in [-0.05, 0) is 67.6 Å². The number of alkyl halides is 3. The van der Waals surface area contributed by atoms with Crippen molar-refractivity contribution in [3.05, 3.63) is 81.8 Å². The minimum atomic E-state index is -4.39. The van der Waals surface area contributed by atoms with Crippen molar-refractivity contribution < 1.29 is 23.1 Å². The van der Waals surface area contributed by atoms with Crippen LogP contribution < -0.4 is 0 Å². The van der Waals surface area contributed by atoms with Crippen LogP contribution in [0.4, 0.5) is 13.2 Å². The minimum Gasteiger partial charge on any atom is -0.481 e. The van der Waals surface area contributed by atoms with Crippen LogP contribution in [0.2, 0.25) is 0 Å². The monoisotopic (exact) mass is 495 g/mol. The molecule has 1 saturated heterocycles. The molecule has 1 N–H and O–H groups in total. The molecule has 0 spiro atoms. The first-order valence-electron chi connectivity index (χ1n) is 10.1. The molecule has 2 aromatic carbocycles. The fourth-order valence-electron chi connectivity index (χ4n) is 4.42. The van der Waals surface area contributed by atoms with Gasteiger partial charge in [0.2, 0.25) is 0 Å². The maximum atomic E-state index is 13.0. The molecule has 0 aromatic heterocycles. The Hall–Kier alpha value is -2.12. The van der Waals surface area contributed by atoms with Gasteiger partial charge in [0.05, 0.1) is 11.6 Å². The van der Waals surface area contributed by atoms with Gasteiger partial charge in [-0.2, -0.15) is 13.2 Å². The second-order valence-electron chi connectivity index (χ2n) is 8.16. The highest BCUT2D eigenvalue weighted by molar-refractivity contribution is 9.10. The van der Waals surface area contributed by atoms with Crippen molar-refractivity contribution in [3.8, 4) is 0 Å². The van der Waals surface area contributed by atoms with Crippen molar-refractivity contribution in [1.29, 1.82) is 0 Å². The highest BCUT2D eigenvalue weighted by atomic mass is 79.9. The lowest BCUT2D eigenvalue weighted by Crippen LogP contribution is -2.40. The molecule has 1 aliphatic heterocycles. The van der Waals surface area contributed by atoms with Crippen LogP contribution in [-0.4, -0.2) is 22.5 Å². The van der Waals surface area contributed by atoms with E-state index in [9.17, 15) is 23.1 Å². The number of carboxylic acids is 1. The van der Waals surface area contributed by atoms with Crippen LogP contribution in [0.5, 0.6) is 0 Å².